The number of carbonyl (C=O) groups excluding carboxylic acids is 2. The molecule has 2 aliphatic heterocycles. The van der Waals surface area contributed by atoms with Crippen LogP contribution in [0.3, 0.4) is 0 Å². The lowest BCUT2D eigenvalue weighted by molar-refractivity contribution is -0.117. The van der Waals surface area contributed by atoms with E-state index in [1.54, 1.807) is 12.1 Å². The van der Waals surface area contributed by atoms with Crippen LogP contribution in [0.15, 0.2) is 48.5 Å². The highest BCUT2D eigenvalue weighted by Crippen LogP contribution is 2.33. The second-order valence-corrected chi connectivity index (χ2v) is 8.51. The van der Waals surface area contributed by atoms with Gasteiger partial charge in [0, 0.05) is 29.5 Å². The summed E-state index contributed by atoms with van der Waals surface area (Å²) in [5.41, 5.74) is 3.60. The Labute approximate surface area is 183 Å². The molecule has 5 rings (SSSR count). The standard InChI is InChI=1S/C24H27N3O2.ClH/c28-23(21-15-18-6-1-3-7-20(18)26-21)25-19-11-9-17(10-12-19)24(29)27-14-13-16-5-2-4-8-22(16)27;/h2,4-5,8-12,18,20-21,26H,1,3,6-7,13-15H2,(H,25,28);1H. The molecular formula is C24H28ClN3O2. The molecule has 2 aromatic carbocycles. The topological polar surface area (TPSA) is 61.4 Å². The van der Waals surface area contributed by atoms with Crippen LogP contribution in [0.25, 0.3) is 0 Å². The summed E-state index contributed by atoms with van der Waals surface area (Å²) in [6, 6.07) is 15.7. The van der Waals surface area contributed by atoms with Gasteiger partial charge in [0.2, 0.25) is 5.91 Å². The summed E-state index contributed by atoms with van der Waals surface area (Å²) < 4.78 is 0. The second kappa shape index (κ2) is 8.78. The van der Waals surface area contributed by atoms with Crippen LogP contribution in [-0.2, 0) is 11.2 Å². The van der Waals surface area contributed by atoms with Crippen LogP contribution in [0.4, 0.5) is 11.4 Å². The van der Waals surface area contributed by atoms with E-state index in [9.17, 15) is 9.59 Å². The normalized spacial score (nSPS) is 24.5. The van der Waals surface area contributed by atoms with Gasteiger partial charge in [-0.3, -0.25) is 9.59 Å². The Morgan fingerprint density at radius 3 is 2.57 bits per heavy atom. The fraction of sp³-hybridized carbons (Fsp3) is 0.417. The minimum atomic E-state index is -0.106. The van der Waals surface area contributed by atoms with Crippen LogP contribution in [0.1, 0.15) is 48.0 Å². The third kappa shape index (κ3) is 3.96. The van der Waals surface area contributed by atoms with Gasteiger partial charge in [-0.05, 0) is 67.5 Å². The van der Waals surface area contributed by atoms with Crippen molar-refractivity contribution >= 4 is 35.6 Å². The molecule has 6 heteroatoms. The summed E-state index contributed by atoms with van der Waals surface area (Å²) in [5.74, 6) is 0.684. The van der Waals surface area contributed by atoms with E-state index >= 15 is 0 Å². The summed E-state index contributed by atoms with van der Waals surface area (Å²) in [6.07, 6.45) is 6.80. The molecule has 2 aromatic rings. The van der Waals surface area contributed by atoms with Crippen LogP contribution in [0, 0.1) is 5.92 Å². The maximum atomic E-state index is 12.9. The third-order valence-corrected chi connectivity index (χ3v) is 6.71. The lowest BCUT2D eigenvalue weighted by Gasteiger charge is -2.24. The van der Waals surface area contributed by atoms with Crippen molar-refractivity contribution in [3.63, 3.8) is 0 Å². The Kier molecular flexibility index (Phi) is 6.11. The van der Waals surface area contributed by atoms with Gasteiger partial charge in [-0.2, -0.15) is 0 Å². The van der Waals surface area contributed by atoms with Gasteiger partial charge >= 0.3 is 0 Å². The second-order valence-electron chi connectivity index (χ2n) is 8.51. The zero-order valence-electron chi connectivity index (χ0n) is 17.0. The van der Waals surface area contributed by atoms with E-state index in [0.717, 1.165) is 24.2 Å². The van der Waals surface area contributed by atoms with E-state index in [1.165, 1.54) is 31.2 Å². The van der Waals surface area contributed by atoms with E-state index in [1.807, 2.05) is 35.2 Å². The first-order valence-electron chi connectivity index (χ1n) is 10.8. The number of anilines is 2. The number of fused-ring (bicyclic) bond motifs is 2. The summed E-state index contributed by atoms with van der Waals surface area (Å²) in [4.78, 5) is 27.4. The quantitative estimate of drug-likeness (QED) is 0.775. The van der Waals surface area contributed by atoms with Crippen LogP contribution in [0.5, 0.6) is 0 Å². The Hall–Kier alpha value is -2.37. The van der Waals surface area contributed by atoms with Crippen molar-refractivity contribution in [3.8, 4) is 0 Å². The highest BCUT2D eigenvalue weighted by atomic mass is 35.5. The zero-order valence-corrected chi connectivity index (χ0v) is 17.8. The molecule has 2 fully saturated rings. The van der Waals surface area contributed by atoms with Crippen molar-refractivity contribution in [2.24, 2.45) is 5.92 Å². The van der Waals surface area contributed by atoms with Gasteiger partial charge in [-0.1, -0.05) is 31.0 Å². The predicted molar refractivity (Wildman–Crippen MR) is 121 cm³/mol. The molecule has 3 atom stereocenters. The van der Waals surface area contributed by atoms with Gasteiger partial charge in [0.15, 0.2) is 0 Å². The molecule has 5 nitrogen and oxygen atoms in total. The van der Waals surface area contributed by atoms with E-state index in [2.05, 4.69) is 16.7 Å². The number of halogens is 1. The number of hydrogen-bond acceptors (Lipinski definition) is 3. The molecule has 0 radical (unpaired) electrons. The lowest BCUT2D eigenvalue weighted by Crippen LogP contribution is -2.39. The summed E-state index contributed by atoms with van der Waals surface area (Å²) in [5, 5.41) is 6.53. The smallest absolute Gasteiger partial charge is 0.258 e. The molecule has 3 aliphatic rings. The molecule has 2 amide bonds. The molecule has 30 heavy (non-hydrogen) atoms. The SMILES string of the molecule is Cl.O=C(Nc1ccc(C(=O)N2CCc3ccccc32)cc1)C1CC2CCCCC2N1. The number of carbonyl (C=O) groups is 2. The van der Waals surface area contributed by atoms with Crippen molar-refractivity contribution in [1.29, 1.82) is 0 Å². The molecule has 1 aliphatic carbocycles. The Balaban J connectivity index is 0.00000218. The van der Waals surface area contributed by atoms with Crippen molar-refractivity contribution in [2.75, 3.05) is 16.8 Å². The van der Waals surface area contributed by atoms with E-state index in [4.69, 9.17) is 0 Å². The molecule has 2 heterocycles. The van der Waals surface area contributed by atoms with E-state index in [0.29, 0.717) is 24.1 Å². The first-order valence-corrected chi connectivity index (χ1v) is 10.8. The maximum absolute atomic E-state index is 12.9. The van der Waals surface area contributed by atoms with E-state index in [-0.39, 0.29) is 30.3 Å². The minimum absolute atomic E-state index is 0. The molecule has 1 saturated heterocycles. The van der Waals surface area contributed by atoms with Gasteiger partial charge in [-0.15, -0.1) is 12.4 Å². The molecule has 1 saturated carbocycles. The molecular weight excluding hydrogens is 398 g/mol. The fourth-order valence-electron chi connectivity index (χ4n) is 5.15. The first kappa shape index (κ1) is 20.9. The molecule has 0 spiro atoms. The predicted octanol–water partition coefficient (Wildman–Crippen LogP) is 4.17. The Morgan fingerprint density at radius 2 is 1.77 bits per heavy atom. The average Bonchev–Trinajstić information content (AvgIpc) is 3.38. The van der Waals surface area contributed by atoms with Crippen molar-refractivity contribution in [2.45, 2.75) is 50.6 Å². The number of rotatable bonds is 3. The summed E-state index contributed by atoms with van der Waals surface area (Å²) in [7, 11) is 0. The van der Waals surface area contributed by atoms with Gasteiger partial charge in [-0.25, -0.2) is 0 Å². The Morgan fingerprint density at radius 1 is 1.00 bits per heavy atom. The molecule has 158 valence electrons. The molecule has 2 N–H and O–H groups in total. The molecule has 0 aromatic heterocycles. The lowest BCUT2D eigenvalue weighted by atomic mass is 9.85. The highest BCUT2D eigenvalue weighted by Gasteiger charge is 2.38. The number of nitrogens with zero attached hydrogens (tertiary/aromatic N) is 1. The molecule has 0 bridgehead atoms. The Bertz CT molecular complexity index is 916. The van der Waals surface area contributed by atoms with Crippen molar-refractivity contribution in [3.05, 3.63) is 59.7 Å². The number of para-hydroxylation sites is 1. The summed E-state index contributed by atoms with van der Waals surface area (Å²) >= 11 is 0. The third-order valence-electron chi connectivity index (χ3n) is 6.71. The molecule has 3 unspecified atom stereocenters. The van der Waals surface area contributed by atoms with Gasteiger partial charge in [0.05, 0.1) is 6.04 Å². The van der Waals surface area contributed by atoms with Crippen LogP contribution in [-0.4, -0.2) is 30.4 Å². The van der Waals surface area contributed by atoms with Crippen molar-refractivity contribution in [1.82, 2.24) is 5.32 Å². The summed E-state index contributed by atoms with van der Waals surface area (Å²) in [6.45, 7) is 0.715. The maximum Gasteiger partial charge on any atom is 0.258 e. The van der Waals surface area contributed by atoms with Crippen LogP contribution < -0.4 is 15.5 Å². The van der Waals surface area contributed by atoms with E-state index < -0.39 is 0 Å². The van der Waals surface area contributed by atoms with Gasteiger partial charge in [0.25, 0.3) is 5.91 Å². The number of amides is 2. The van der Waals surface area contributed by atoms with Crippen molar-refractivity contribution < 1.29 is 9.59 Å². The fourth-order valence-corrected chi connectivity index (χ4v) is 5.15. The van der Waals surface area contributed by atoms with Gasteiger partial charge < -0.3 is 15.5 Å². The monoisotopic (exact) mass is 425 g/mol. The number of hydrogen-bond donors (Lipinski definition) is 2. The largest absolute Gasteiger partial charge is 0.325 e. The number of nitrogens with one attached hydrogen (secondary N) is 2. The zero-order chi connectivity index (χ0) is 19.8. The highest BCUT2D eigenvalue weighted by molar-refractivity contribution is 6.07. The number of benzene rings is 2. The minimum Gasteiger partial charge on any atom is -0.325 e. The van der Waals surface area contributed by atoms with Crippen LogP contribution in [0.2, 0.25) is 0 Å². The average molecular weight is 426 g/mol. The van der Waals surface area contributed by atoms with Crippen LogP contribution >= 0.6 is 12.4 Å². The first-order chi connectivity index (χ1) is 14.2. The van der Waals surface area contributed by atoms with Gasteiger partial charge in [0.1, 0.15) is 0 Å².